The zero-order chi connectivity index (χ0) is 17.8. The van der Waals surface area contributed by atoms with Gasteiger partial charge in [0.2, 0.25) is 0 Å². The van der Waals surface area contributed by atoms with Crippen LogP contribution in [0.25, 0.3) is 0 Å². The first-order valence-corrected chi connectivity index (χ1v) is 9.05. The first kappa shape index (κ1) is 20.7. The largest absolute Gasteiger partial charge is 0.489 e. The molecule has 0 bridgehead atoms. The van der Waals surface area contributed by atoms with Crippen molar-refractivity contribution >= 4 is 12.4 Å². The van der Waals surface area contributed by atoms with Crippen LogP contribution in [0, 0.1) is 0 Å². The topological polar surface area (TPSA) is 67.5 Å². The molecule has 0 saturated carbocycles. The van der Waals surface area contributed by atoms with Crippen LogP contribution in [0.15, 0.2) is 42.5 Å². The molecule has 3 rings (SSSR count). The first-order chi connectivity index (χ1) is 12.1. The fraction of sp³-hybridized carbons (Fsp3) is 0.429. The minimum absolute atomic E-state index is 0. The third kappa shape index (κ3) is 4.57. The lowest BCUT2D eigenvalue weighted by atomic mass is 9.82. The van der Waals surface area contributed by atoms with Gasteiger partial charge in [0.05, 0.1) is 6.10 Å². The quantitative estimate of drug-likeness (QED) is 0.721. The lowest BCUT2D eigenvalue weighted by Gasteiger charge is -2.33. The molecule has 1 aliphatic rings. The highest BCUT2D eigenvalue weighted by molar-refractivity contribution is 5.85. The number of halogens is 1. The van der Waals surface area contributed by atoms with Gasteiger partial charge < -0.3 is 20.9 Å². The van der Waals surface area contributed by atoms with E-state index in [4.69, 9.17) is 10.5 Å². The van der Waals surface area contributed by atoms with Gasteiger partial charge in [0.25, 0.3) is 0 Å². The Kier molecular flexibility index (Phi) is 7.47. The normalized spacial score (nSPS) is 19.0. The fourth-order valence-corrected chi connectivity index (χ4v) is 3.63. The molecule has 0 fully saturated rings. The second-order valence-corrected chi connectivity index (χ2v) is 7.00. The maximum absolute atomic E-state index is 10.7. The molecule has 0 heterocycles. The molecule has 0 saturated heterocycles. The summed E-state index contributed by atoms with van der Waals surface area (Å²) in [6.45, 7) is 5.15. The Balaban J connectivity index is 0.00000243. The minimum Gasteiger partial charge on any atom is -0.489 e. The number of aliphatic hydroxyl groups excluding tert-OH is 1. The van der Waals surface area contributed by atoms with E-state index in [2.05, 4.69) is 19.2 Å². The molecular formula is C21H29ClN2O2. The lowest BCUT2D eigenvalue weighted by molar-refractivity contribution is 0.110. The number of rotatable bonds is 6. The highest BCUT2D eigenvalue weighted by Crippen LogP contribution is 2.36. The number of hydrogen-bond donors (Lipinski definition) is 3. The number of fused-ring (bicyclic) bond motifs is 1. The Morgan fingerprint density at radius 1 is 1.19 bits per heavy atom. The van der Waals surface area contributed by atoms with E-state index in [1.807, 2.05) is 42.5 Å². The van der Waals surface area contributed by atoms with Crippen LogP contribution in [-0.4, -0.2) is 17.2 Å². The van der Waals surface area contributed by atoms with Gasteiger partial charge in [0.1, 0.15) is 12.4 Å². The second-order valence-electron chi connectivity index (χ2n) is 7.00. The summed E-state index contributed by atoms with van der Waals surface area (Å²) in [5.41, 5.74) is 10.3. The predicted octanol–water partition coefficient (Wildman–Crippen LogP) is 3.49. The molecule has 0 aliphatic heterocycles. The van der Waals surface area contributed by atoms with Crippen molar-refractivity contribution in [2.75, 3.05) is 0 Å². The molecule has 5 heteroatoms. The Morgan fingerprint density at radius 3 is 2.58 bits per heavy atom. The smallest absolute Gasteiger partial charge is 0.124 e. The molecule has 4 nitrogen and oxygen atoms in total. The Bertz CT molecular complexity index is 707. The number of hydrogen-bond acceptors (Lipinski definition) is 4. The zero-order valence-electron chi connectivity index (χ0n) is 15.4. The van der Waals surface area contributed by atoms with Gasteiger partial charge in [0, 0.05) is 24.2 Å². The summed E-state index contributed by atoms with van der Waals surface area (Å²) in [6.07, 6.45) is 1.31. The maximum Gasteiger partial charge on any atom is 0.124 e. The van der Waals surface area contributed by atoms with Gasteiger partial charge in [-0.1, -0.05) is 50.2 Å². The summed E-state index contributed by atoms with van der Waals surface area (Å²) in [4.78, 5) is 0. The van der Waals surface area contributed by atoms with Crippen molar-refractivity contribution in [3.63, 3.8) is 0 Å². The molecule has 2 aromatic carbocycles. The zero-order valence-corrected chi connectivity index (χ0v) is 16.3. The summed E-state index contributed by atoms with van der Waals surface area (Å²) in [5, 5.41) is 14.2. The van der Waals surface area contributed by atoms with Crippen molar-refractivity contribution in [1.82, 2.24) is 5.32 Å². The molecule has 0 radical (unpaired) electrons. The third-order valence-electron chi connectivity index (χ3n) is 4.82. The van der Waals surface area contributed by atoms with E-state index in [-0.39, 0.29) is 18.4 Å². The van der Waals surface area contributed by atoms with Crippen molar-refractivity contribution < 1.29 is 9.84 Å². The van der Waals surface area contributed by atoms with Crippen LogP contribution in [0.5, 0.6) is 5.75 Å². The summed E-state index contributed by atoms with van der Waals surface area (Å²) in [5.74, 6) is 0.826. The summed E-state index contributed by atoms with van der Waals surface area (Å²) >= 11 is 0. The van der Waals surface area contributed by atoms with Crippen molar-refractivity contribution in [1.29, 1.82) is 0 Å². The Labute approximate surface area is 162 Å². The third-order valence-corrected chi connectivity index (χ3v) is 4.82. The van der Waals surface area contributed by atoms with Gasteiger partial charge in [-0.15, -0.1) is 12.4 Å². The van der Waals surface area contributed by atoms with E-state index in [9.17, 15) is 5.11 Å². The maximum atomic E-state index is 10.7. The molecule has 26 heavy (non-hydrogen) atoms. The highest BCUT2D eigenvalue weighted by atomic mass is 35.5. The average molecular weight is 377 g/mol. The number of benzene rings is 2. The van der Waals surface area contributed by atoms with Crippen molar-refractivity contribution in [2.24, 2.45) is 5.73 Å². The number of nitrogens with two attached hydrogens (primary N) is 1. The van der Waals surface area contributed by atoms with Crippen LogP contribution < -0.4 is 15.8 Å². The standard InChI is InChI=1S/C21H28N2O2.ClH/c1-14(2)23-19-10-8-16-17(21(19)24)9-11-20(18(16)12-22)25-13-15-6-4-3-5-7-15;/h3-7,9,11,14,19,21,23-24H,8,10,12-13,22H2,1-2H3;1H/t19-,21-;/m0./s1. The summed E-state index contributed by atoms with van der Waals surface area (Å²) in [7, 11) is 0. The van der Waals surface area contributed by atoms with Crippen LogP contribution in [0.2, 0.25) is 0 Å². The molecule has 0 spiro atoms. The number of ether oxygens (including phenoxy) is 1. The molecule has 142 valence electrons. The van der Waals surface area contributed by atoms with Crippen molar-refractivity contribution in [3.05, 3.63) is 64.7 Å². The average Bonchev–Trinajstić information content (AvgIpc) is 2.62. The van der Waals surface area contributed by atoms with Gasteiger partial charge in [-0.2, -0.15) is 0 Å². The summed E-state index contributed by atoms with van der Waals surface area (Å²) in [6, 6.07) is 14.5. The van der Waals surface area contributed by atoms with Crippen LogP contribution in [0.3, 0.4) is 0 Å². The lowest BCUT2D eigenvalue weighted by Crippen LogP contribution is -2.42. The van der Waals surface area contributed by atoms with E-state index in [0.29, 0.717) is 19.2 Å². The van der Waals surface area contributed by atoms with E-state index >= 15 is 0 Å². The van der Waals surface area contributed by atoms with Crippen LogP contribution in [0.4, 0.5) is 0 Å². The monoisotopic (exact) mass is 376 g/mol. The van der Waals surface area contributed by atoms with E-state index < -0.39 is 6.10 Å². The van der Waals surface area contributed by atoms with Gasteiger partial charge in [0.15, 0.2) is 0 Å². The predicted molar refractivity (Wildman–Crippen MR) is 108 cm³/mol. The van der Waals surface area contributed by atoms with Crippen LogP contribution in [0.1, 0.15) is 48.6 Å². The Hall–Kier alpha value is -1.59. The molecule has 0 amide bonds. The second kappa shape index (κ2) is 9.38. The molecule has 2 aromatic rings. The highest BCUT2D eigenvalue weighted by Gasteiger charge is 2.30. The first-order valence-electron chi connectivity index (χ1n) is 9.05. The minimum atomic E-state index is -0.500. The Morgan fingerprint density at radius 2 is 1.92 bits per heavy atom. The number of nitrogens with one attached hydrogen (secondary N) is 1. The van der Waals surface area contributed by atoms with E-state index in [1.54, 1.807) is 0 Å². The van der Waals surface area contributed by atoms with Gasteiger partial charge >= 0.3 is 0 Å². The van der Waals surface area contributed by atoms with Gasteiger partial charge in [-0.3, -0.25) is 0 Å². The number of aliphatic hydroxyl groups is 1. The molecule has 0 aromatic heterocycles. The molecule has 1 aliphatic carbocycles. The van der Waals surface area contributed by atoms with Crippen molar-refractivity contribution in [3.8, 4) is 5.75 Å². The molecule has 4 N–H and O–H groups in total. The van der Waals surface area contributed by atoms with E-state index in [1.165, 1.54) is 0 Å². The molecular weight excluding hydrogens is 348 g/mol. The van der Waals surface area contributed by atoms with Crippen molar-refractivity contribution in [2.45, 2.75) is 58.0 Å². The van der Waals surface area contributed by atoms with Gasteiger partial charge in [-0.05, 0) is 35.6 Å². The molecule has 2 atom stereocenters. The van der Waals surface area contributed by atoms with Crippen LogP contribution >= 0.6 is 12.4 Å². The van der Waals surface area contributed by atoms with Crippen LogP contribution in [-0.2, 0) is 19.6 Å². The fourth-order valence-electron chi connectivity index (χ4n) is 3.63. The van der Waals surface area contributed by atoms with Gasteiger partial charge in [-0.25, -0.2) is 0 Å². The molecule has 0 unspecified atom stereocenters. The SMILES string of the molecule is CC(C)N[C@H]1CCc2c(ccc(OCc3ccccc3)c2CN)[C@@H]1O.Cl. The summed E-state index contributed by atoms with van der Waals surface area (Å²) < 4.78 is 6.03. The van der Waals surface area contributed by atoms with E-state index in [0.717, 1.165) is 40.8 Å².